The van der Waals surface area contributed by atoms with Crippen molar-refractivity contribution in [2.45, 2.75) is 26.3 Å². The van der Waals surface area contributed by atoms with Crippen LogP contribution in [0.15, 0.2) is 24.3 Å². The van der Waals surface area contributed by atoms with Gasteiger partial charge in [0.1, 0.15) is 12.4 Å². The number of rotatable bonds is 6. The lowest BCUT2D eigenvalue weighted by Gasteiger charge is -2.14. The number of ether oxygens (including phenoxy) is 1. The second kappa shape index (κ2) is 7.01. The third-order valence-electron chi connectivity index (χ3n) is 2.31. The maximum atomic E-state index is 13.0. The van der Waals surface area contributed by atoms with E-state index in [1.54, 1.807) is 12.1 Å². The molecule has 0 saturated heterocycles. The van der Waals surface area contributed by atoms with Gasteiger partial charge in [0.05, 0.1) is 6.04 Å². The molecule has 1 rings (SSSR count). The van der Waals surface area contributed by atoms with Crippen LogP contribution in [0.5, 0.6) is 0 Å². The van der Waals surface area contributed by atoms with Gasteiger partial charge in [-0.05, 0) is 31.0 Å². The minimum Gasteiger partial charge on any atom is -0.372 e. The molecule has 1 aromatic carbocycles. The van der Waals surface area contributed by atoms with Gasteiger partial charge in [-0.3, -0.25) is 4.79 Å². The Balaban J connectivity index is 2.43. The van der Waals surface area contributed by atoms with E-state index >= 15 is 0 Å². The summed E-state index contributed by atoms with van der Waals surface area (Å²) < 4.78 is 18.1. The largest absolute Gasteiger partial charge is 0.372 e. The molecule has 0 saturated carbocycles. The van der Waals surface area contributed by atoms with Crippen LogP contribution < -0.4 is 5.32 Å². The van der Waals surface area contributed by atoms with Crippen LogP contribution >= 0.6 is 0 Å². The summed E-state index contributed by atoms with van der Waals surface area (Å²) in [5.74, 6) is -0.485. The number of hydrogen-bond acceptors (Lipinski definition) is 2. The maximum Gasteiger partial charge on any atom is 0.246 e. The molecule has 17 heavy (non-hydrogen) atoms. The fourth-order valence-electron chi connectivity index (χ4n) is 1.45. The van der Waals surface area contributed by atoms with Gasteiger partial charge in [-0.25, -0.2) is 4.39 Å². The third-order valence-corrected chi connectivity index (χ3v) is 2.31. The Bertz CT molecular complexity index is 368. The predicted molar refractivity (Wildman–Crippen MR) is 64.1 cm³/mol. The van der Waals surface area contributed by atoms with Gasteiger partial charge in [-0.15, -0.1) is 0 Å². The van der Waals surface area contributed by atoms with Crippen molar-refractivity contribution < 1.29 is 13.9 Å². The molecule has 0 fully saturated rings. The fraction of sp³-hybridized carbons (Fsp3) is 0.462. The Morgan fingerprint density at radius 2 is 2.29 bits per heavy atom. The number of nitrogens with one attached hydrogen (secondary N) is 1. The molecule has 0 aromatic heterocycles. The highest BCUT2D eigenvalue weighted by Gasteiger charge is 2.09. The van der Waals surface area contributed by atoms with Gasteiger partial charge >= 0.3 is 0 Å². The van der Waals surface area contributed by atoms with E-state index in [9.17, 15) is 9.18 Å². The average molecular weight is 239 g/mol. The molecule has 0 bridgehead atoms. The van der Waals surface area contributed by atoms with Crippen LogP contribution in [0.2, 0.25) is 0 Å². The van der Waals surface area contributed by atoms with Gasteiger partial charge in [0, 0.05) is 6.61 Å². The van der Waals surface area contributed by atoms with Crippen molar-refractivity contribution in [3.05, 3.63) is 35.6 Å². The Morgan fingerprint density at radius 1 is 1.53 bits per heavy atom. The van der Waals surface area contributed by atoms with Gasteiger partial charge in [0.2, 0.25) is 5.91 Å². The van der Waals surface area contributed by atoms with Gasteiger partial charge in [0.15, 0.2) is 0 Å². The van der Waals surface area contributed by atoms with E-state index in [4.69, 9.17) is 4.74 Å². The van der Waals surface area contributed by atoms with Crippen molar-refractivity contribution in [2.75, 3.05) is 13.2 Å². The summed E-state index contributed by atoms with van der Waals surface area (Å²) in [7, 11) is 0. The van der Waals surface area contributed by atoms with Crippen LogP contribution in [0.3, 0.4) is 0 Å². The van der Waals surface area contributed by atoms with Crippen LogP contribution in [0, 0.1) is 5.82 Å². The van der Waals surface area contributed by atoms with E-state index in [2.05, 4.69) is 5.32 Å². The van der Waals surface area contributed by atoms with Gasteiger partial charge in [-0.1, -0.05) is 19.1 Å². The van der Waals surface area contributed by atoms with E-state index < -0.39 is 0 Å². The van der Waals surface area contributed by atoms with E-state index in [-0.39, 0.29) is 24.4 Å². The number of carbonyl (C=O) groups excluding carboxylic acids is 1. The summed E-state index contributed by atoms with van der Waals surface area (Å²) >= 11 is 0. The number of carbonyl (C=O) groups is 1. The molecule has 3 nitrogen and oxygen atoms in total. The second-order valence-corrected chi connectivity index (χ2v) is 3.90. The molecular formula is C13H18FNO2. The van der Waals surface area contributed by atoms with E-state index in [0.29, 0.717) is 6.61 Å². The number of halogens is 1. The first-order valence-electron chi connectivity index (χ1n) is 5.76. The van der Waals surface area contributed by atoms with Crippen molar-refractivity contribution in [1.29, 1.82) is 0 Å². The first-order chi connectivity index (χ1) is 8.13. The topological polar surface area (TPSA) is 38.3 Å². The Hall–Kier alpha value is -1.42. The summed E-state index contributed by atoms with van der Waals surface area (Å²) in [6.45, 7) is 4.41. The molecule has 0 heterocycles. The molecule has 1 aromatic rings. The standard InChI is InChI=1S/C13H18FNO2/c1-3-7-17-9-13(16)15-10(2)11-5-4-6-12(14)8-11/h4-6,8,10H,3,7,9H2,1-2H3,(H,15,16)/t10-/m0/s1. The molecule has 0 unspecified atom stereocenters. The minimum absolute atomic E-state index is 0.0491. The van der Waals surface area contributed by atoms with Crippen molar-refractivity contribution in [1.82, 2.24) is 5.32 Å². The lowest BCUT2D eigenvalue weighted by molar-refractivity contribution is -0.126. The Morgan fingerprint density at radius 3 is 2.94 bits per heavy atom. The number of benzene rings is 1. The summed E-state index contributed by atoms with van der Waals surface area (Å²) in [6.07, 6.45) is 0.882. The second-order valence-electron chi connectivity index (χ2n) is 3.90. The third kappa shape index (κ3) is 4.95. The molecule has 0 aliphatic heterocycles. The van der Waals surface area contributed by atoms with Crippen LogP contribution in [0.1, 0.15) is 31.9 Å². The summed E-state index contributed by atoms with van der Waals surface area (Å²) in [4.78, 5) is 11.5. The van der Waals surface area contributed by atoms with E-state index in [0.717, 1.165) is 12.0 Å². The smallest absolute Gasteiger partial charge is 0.246 e. The SMILES string of the molecule is CCCOCC(=O)N[C@@H](C)c1cccc(F)c1. The number of hydrogen-bond donors (Lipinski definition) is 1. The molecule has 4 heteroatoms. The normalized spacial score (nSPS) is 12.2. The summed E-state index contributed by atoms with van der Waals surface area (Å²) in [5.41, 5.74) is 0.744. The lowest BCUT2D eigenvalue weighted by Crippen LogP contribution is -2.30. The Labute approximate surface area is 101 Å². The molecule has 0 aliphatic carbocycles. The van der Waals surface area contributed by atoms with Crippen LogP contribution in [0.4, 0.5) is 4.39 Å². The van der Waals surface area contributed by atoms with E-state index in [1.165, 1.54) is 12.1 Å². The zero-order chi connectivity index (χ0) is 12.7. The molecule has 1 amide bonds. The van der Waals surface area contributed by atoms with Crippen molar-refractivity contribution in [3.63, 3.8) is 0 Å². The highest BCUT2D eigenvalue weighted by molar-refractivity contribution is 5.77. The average Bonchev–Trinajstić information content (AvgIpc) is 2.29. The molecule has 0 spiro atoms. The maximum absolute atomic E-state index is 13.0. The zero-order valence-corrected chi connectivity index (χ0v) is 10.2. The first kappa shape index (κ1) is 13.6. The molecule has 1 atom stereocenters. The quantitative estimate of drug-likeness (QED) is 0.774. The highest BCUT2D eigenvalue weighted by Crippen LogP contribution is 2.13. The number of amides is 1. The van der Waals surface area contributed by atoms with Crippen molar-refractivity contribution in [2.24, 2.45) is 0 Å². The molecule has 0 radical (unpaired) electrons. The predicted octanol–water partition coefficient (Wildman–Crippen LogP) is 2.43. The first-order valence-corrected chi connectivity index (χ1v) is 5.76. The van der Waals surface area contributed by atoms with Gasteiger partial charge < -0.3 is 10.1 Å². The minimum atomic E-state index is -0.300. The van der Waals surface area contributed by atoms with Gasteiger partial charge in [-0.2, -0.15) is 0 Å². The monoisotopic (exact) mass is 239 g/mol. The summed E-state index contributed by atoms with van der Waals surface area (Å²) in [5, 5.41) is 2.75. The molecule has 94 valence electrons. The molecule has 0 aliphatic rings. The fourth-order valence-corrected chi connectivity index (χ4v) is 1.45. The van der Waals surface area contributed by atoms with E-state index in [1.807, 2.05) is 13.8 Å². The van der Waals surface area contributed by atoms with Gasteiger partial charge in [0.25, 0.3) is 0 Å². The van der Waals surface area contributed by atoms with Crippen LogP contribution in [-0.4, -0.2) is 19.1 Å². The molecular weight excluding hydrogens is 221 g/mol. The molecule has 1 N–H and O–H groups in total. The van der Waals surface area contributed by atoms with Crippen molar-refractivity contribution in [3.8, 4) is 0 Å². The van der Waals surface area contributed by atoms with Crippen molar-refractivity contribution >= 4 is 5.91 Å². The van der Waals surface area contributed by atoms with Crippen LogP contribution in [0.25, 0.3) is 0 Å². The summed E-state index contributed by atoms with van der Waals surface area (Å²) in [6, 6.07) is 5.98. The zero-order valence-electron chi connectivity index (χ0n) is 10.2. The lowest BCUT2D eigenvalue weighted by atomic mass is 10.1. The van der Waals surface area contributed by atoms with Crippen LogP contribution in [-0.2, 0) is 9.53 Å². The highest BCUT2D eigenvalue weighted by atomic mass is 19.1. The Kier molecular flexibility index (Phi) is 5.63.